The lowest BCUT2D eigenvalue weighted by Crippen LogP contribution is -2.16. The molecule has 3 rings (SSSR count). The van der Waals surface area contributed by atoms with Crippen LogP contribution in [0.2, 0.25) is 0 Å². The van der Waals surface area contributed by atoms with E-state index in [4.69, 9.17) is 9.47 Å². The fourth-order valence-corrected chi connectivity index (χ4v) is 3.74. The van der Waals surface area contributed by atoms with E-state index in [1.807, 2.05) is 6.92 Å². The Hall–Kier alpha value is -3.20. The fourth-order valence-electron chi connectivity index (χ4n) is 2.55. The largest absolute Gasteiger partial charge is 0.494 e. The molecule has 9 heteroatoms. The first kappa shape index (κ1) is 19.6. The van der Waals surface area contributed by atoms with Crippen molar-refractivity contribution in [3.05, 3.63) is 54.5 Å². The van der Waals surface area contributed by atoms with Gasteiger partial charge < -0.3 is 9.47 Å². The number of hydrogen-bond acceptors (Lipinski definition) is 7. The number of nitrogens with zero attached hydrogens (tertiary/aromatic N) is 3. The van der Waals surface area contributed by atoms with Gasteiger partial charge in [-0.05, 0) is 50.2 Å². The van der Waals surface area contributed by atoms with Gasteiger partial charge in [-0.1, -0.05) is 0 Å². The van der Waals surface area contributed by atoms with Crippen molar-refractivity contribution in [1.29, 1.82) is 0 Å². The van der Waals surface area contributed by atoms with Crippen LogP contribution in [0.1, 0.15) is 12.6 Å². The van der Waals surface area contributed by atoms with Gasteiger partial charge in [0.1, 0.15) is 10.6 Å². The van der Waals surface area contributed by atoms with Crippen molar-refractivity contribution in [1.82, 2.24) is 15.0 Å². The maximum atomic E-state index is 13.0. The van der Waals surface area contributed by atoms with Gasteiger partial charge in [0, 0.05) is 11.8 Å². The third-order valence-corrected chi connectivity index (χ3v) is 5.15. The molecule has 0 bridgehead atoms. The number of benzene rings is 1. The van der Waals surface area contributed by atoms with Gasteiger partial charge in [0.2, 0.25) is 5.82 Å². The molecule has 0 amide bonds. The van der Waals surface area contributed by atoms with Crippen LogP contribution in [0, 0.1) is 6.92 Å². The van der Waals surface area contributed by atoms with Crippen LogP contribution < -0.4 is 14.2 Å². The topological polar surface area (TPSA) is 103 Å². The van der Waals surface area contributed by atoms with Gasteiger partial charge in [-0.3, -0.25) is 9.71 Å². The summed E-state index contributed by atoms with van der Waals surface area (Å²) in [5.74, 6) is 0.800. The van der Waals surface area contributed by atoms with Gasteiger partial charge in [0.15, 0.2) is 0 Å². The quantitative estimate of drug-likeness (QED) is 0.650. The second-order valence-electron chi connectivity index (χ2n) is 5.78. The standard InChI is InChI=1S/C19H20N4O4S/c1-4-27-15-9-7-14(8-10-15)17-16(6-5-11-20-17)28(24,25)23-18-19(26-3)22-13(2)12-21-18/h5-12H,4H2,1-3H3,(H,21,23). The smallest absolute Gasteiger partial charge is 0.265 e. The molecule has 2 heterocycles. The number of anilines is 1. The fraction of sp³-hybridized carbons (Fsp3) is 0.211. The highest BCUT2D eigenvalue weighted by Crippen LogP contribution is 2.29. The Bertz CT molecular complexity index is 1070. The molecule has 2 aromatic heterocycles. The Labute approximate surface area is 163 Å². The summed E-state index contributed by atoms with van der Waals surface area (Å²) >= 11 is 0. The van der Waals surface area contributed by atoms with Gasteiger partial charge in [-0.15, -0.1) is 0 Å². The highest BCUT2D eigenvalue weighted by atomic mass is 32.2. The first-order valence-corrected chi connectivity index (χ1v) is 10.0. The minimum absolute atomic E-state index is 0.00889. The molecule has 0 aliphatic carbocycles. The van der Waals surface area contributed by atoms with Crippen LogP contribution in [0.4, 0.5) is 5.82 Å². The molecule has 0 spiro atoms. The zero-order valence-corrected chi connectivity index (χ0v) is 16.5. The predicted octanol–water partition coefficient (Wildman–Crippen LogP) is 3.06. The van der Waals surface area contributed by atoms with Crippen LogP contribution in [-0.2, 0) is 10.0 Å². The zero-order valence-electron chi connectivity index (χ0n) is 15.7. The van der Waals surface area contributed by atoms with Crippen LogP contribution in [-0.4, -0.2) is 37.1 Å². The van der Waals surface area contributed by atoms with E-state index < -0.39 is 10.0 Å². The van der Waals surface area contributed by atoms with Crippen LogP contribution in [0.15, 0.2) is 53.7 Å². The van der Waals surface area contributed by atoms with E-state index in [0.717, 1.165) is 0 Å². The summed E-state index contributed by atoms with van der Waals surface area (Å²) in [6.45, 7) is 4.18. The Morgan fingerprint density at radius 3 is 2.54 bits per heavy atom. The molecule has 0 saturated carbocycles. The molecule has 0 aliphatic rings. The van der Waals surface area contributed by atoms with Crippen molar-refractivity contribution < 1.29 is 17.9 Å². The van der Waals surface area contributed by atoms with Crippen LogP contribution in [0.5, 0.6) is 11.6 Å². The number of pyridine rings is 1. The Kier molecular flexibility index (Phi) is 5.74. The third kappa shape index (κ3) is 4.20. The molecule has 146 valence electrons. The van der Waals surface area contributed by atoms with E-state index in [9.17, 15) is 8.42 Å². The summed E-state index contributed by atoms with van der Waals surface area (Å²) in [5, 5.41) is 0. The SMILES string of the molecule is CCOc1ccc(-c2ncccc2S(=O)(=O)Nc2ncc(C)nc2OC)cc1. The molecule has 0 atom stereocenters. The maximum Gasteiger partial charge on any atom is 0.265 e. The van der Waals surface area contributed by atoms with Crippen LogP contribution in [0.3, 0.4) is 0 Å². The van der Waals surface area contributed by atoms with Gasteiger partial charge in [-0.25, -0.2) is 18.4 Å². The van der Waals surface area contributed by atoms with E-state index in [0.29, 0.717) is 29.3 Å². The lowest BCUT2D eigenvalue weighted by Gasteiger charge is -2.13. The van der Waals surface area contributed by atoms with Gasteiger partial charge in [0.05, 0.1) is 31.3 Å². The molecular formula is C19H20N4O4S. The number of hydrogen-bond donors (Lipinski definition) is 1. The molecule has 3 aromatic rings. The first-order chi connectivity index (χ1) is 13.4. The molecule has 0 radical (unpaired) electrons. The Balaban J connectivity index is 1.99. The molecule has 0 fully saturated rings. The summed E-state index contributed by atoms with van der Waals surface area (Å²) in [6.07, 6.45) is 2.99. The highest BCUT2D eigenvalue weighted by Gasteiger charge is 2.23. The summed E-state index contributed by atoms with van der Waals surface area (Å²) in [5.41, 5.74) is 1.57. The Morgan fingerprint density at radius 2 is 1.86 bits per heavy atom. The number of sulfonamides is 1. The van der Waals surface area contributed by atoms with E-state index >= 15 is 0 Å². The summed E-state index contributed by atoms with van der Waals surface area (Å²) in [6, 6.07) is 10.1. The summed E-state index contributed by atoms with van der Waals surface area (Å²) in [7, 11) is -2.58. The summed E-state index contributed by atoms with van der Waals surface area (Å²) in [4.78, 5) is 12.5. The van der Waals surface area contributed by atoms with Crippen molar-refractivity contribution in [2.75, 3.05) is 18.4 Å². The van der Waals surface area contributed by atoms with Gasteiger partial charge in [-0.2, -0.15) is 0 Å². The number of aryl methyl sites for hydroxylation is 1. The van der Waals surface area contributed by atoms with E-state index in [1.165, 1.54) is 25.6 Å². The second kappa shape index (κ2) is 8.22. The zero-order chi connectivity index (χ0) is 20.1. The van der Waals surface area contributed by atoms with Crippen molar-refractivity contribution in [3.8, 4) is 22.9 Å². The molecular weight excluding hydrogens is 380 g/mol. The minimum atomic E-state index is -3.98. The van der Waals surface area contributed by atoms with E-state index in [-0.39, 0.29) is 16.6 Å². The Morgan fingerprint density at radius 1 is 1.11 bits per heavy atom. The lowest BCUT2D eigenvalue weighted by atomic mass is 10.1. The molecule has 1 aromatic carbocycles. The van der Waals surface area contributed by atoms with Crippen LogP contribution in [0.25, 0.3) is 11.3 Å². The number of aromatic nitrogens is 3. The monoisotopic (exact) mass is 400 g/mol. The number of ether oxygens (including phenoxy) is 2. The minimum Gasteiger partial charge on any atom is -0.494 e. The molecule has 0 aliphatic heterocycles. The molecule has 0 saturated heterocycles. The molecule has 28 heavy (non-hydrogen) atoms. The van der Waals surface area contributed by atoms with E-state index in [2.05, 4.69) is 19.7 Å². The van der Waals surface area contributed by atoms with Crippen molar-refractivity contribution in [2.45, 2.75) is 18.7 Å². The van der Waals surface area contributed by atoms with Crippen molar-refractivity contribution >= 4 is 15.8 Å². The average molecular weight is 400 g/mol. The first-order valence-electron chi connectivity index (χ1n) is 8.53. The van der Waals surface area contributed by atoms with Gasteiger partial charge in [0.25, 0.3) is 15.9 Å². The molecule has 1 N–H and O–H groups in total. The highest BCUT2D eigenvalue weighted by molar-refractivity contribution is 7.92. The number of nitrogens with one attached hydrogen (secondary N) is 1. The van der Waals surface area contributed by atoms with E-state index in [1.54, 1.807) is 37.3 Å². The average Bonchev–Trinajstić information content (AvgIpc) is 2.70. The van der Waals surface area contributed by atoms with Gasteiger partial charge >= 0.3 is 0 Å². The normalized spacial score (nSPS) is 11.1. The van der Waals surface area contributed by atoms with Crippen molar-refractivity contribution in [2.24, 2.45) is 0 Å². The third-order valence-electron chi connectivity index (χ3n) is 3.78. The summed E-state index contributed by atoms with van der Waals surface area (Å²) < 4.78 is 39.0. The molecule has 0 unspecified atom stereocenters. The van der Waals surface area contributed by atoms with Crippen molar-refractivity contribution in [3.63, 3.8) is 0 Å². The molecule has 8 nitrogen and oxygen atoms in total. The lowest BCUT2D eigenvalue weighted by molar-refractivity contribution is 0.340. The van der Waals surface area contributed by atoms with Crippen LogP contribution >= 0.6 is 0 Å². The predicted molar refractivity (Wildman–Crippen MR) is 105 cm³/mol. The number of methoxy groups -OCH3 is 1. The number of rotatable bonds is 7. The maximum absolute atomic E-state index is 13.0. The second-order valence-corrected chi connectivity index (χ2v) is 7.43.